The molecule has 2 aromatic rings. The van der Waals surface area contributed by atoms with E-state index in [1.54, 1.807) is 4.90 Å². The molecule has 1 fully saturated rings. The van der Waals surface area contributed by atoms with Gasteiger partial charge in [-0.05, 0) is 24.1 Å². The molecule has 1 aliphatic rings. The van der Waals surface area contributed by atoms with Gasteiger partial charge in [-0.25, -0.2) is 4.99 Å². The minimum atomic E-state index is -0.567. The van der Waals surface area contributed by atoms with Crippen molar-refractivity contribution in [3.05, 3.63) is 66.2 Å². The second kappa shape index (κ2) is 7.98. The largest absolute Gasteiger partial charge is 0.369 e. The zero-order chi connectivity index (χ0) is 17.6. The number of carbonyl (C=O) groups excluding carboxylic acids is 2. The lowest BCUT2D eigenvalue weighted by atomic mass is 10.1. The molecule has 0 bridgehead atoms. The number of amides is 2. The summed E-state index contributed by atoms with van der Waals surface area (Å²) in [7, 11) is 0. The van der Waals surface area contributed by atoms with Crippen molar-refractivity contribution in [1.82, 2.24) is 4.90 Å². The van der Waals surface area contributed by atoms with Gasteiger partial charge in [0.05, 0.1) is 10.9 Å². The highest BCUT2D eigenvalue weighted by atomic mass is 32.2. The van der Waals surface area contributed by atoms with E-state index in [4.69, 9.17) is 5.73 Å². The Morgan fingerprint density at radius 1 is 1.12 bits per heavy atom. The number of thioether (sulfide) groups is 1. The minimum absolute atomic E-state index is 0.114. The summed E-state index contributed by atoms with van der Waals surface area (Å²) in [6.07, 6.45) is 0.838. The van der Waals surface area contributed by atoms with Gasteiger partial charge in [-0.2, -0.15) is 0 Å². The van der Waals surface area contributed by atoms with Crippen LogP contribution in [0.4, 0.5) is 5.69 Å². The van der Waals surface area contributed by atoms with Crippen LogP contribution < -0.4 is 5.73 Å². The molecule has 1 aliphatic heterocycles. The van der Waals surface area contributed by atoms with Gasteiger partial charge in [0.25, 0.3) is 0 Å². The summed E-state index contributed by atoms with van der Waals surface area (Å²) in [6, 6.07) is 19.4. The number of aliphatic imine (C=N–C) groups is 1. The van der Waals surface area contributed by atoms with Crippen LogP contribution in [0.3, 0.4) is 0 Å². The van der Waals surface area contributed by atoms with Crippen molar-refractivity contribution in [3.8, 4) is 0 Å². The van der Waals surface area contributed by atoms with Crippen LogP contribution in [-0.4, -0.2) is 33.7 Å². The Morgan fingerprint density at radius 3 is 2.40 bits per heavy atom. The van der Waals surface area contributed by atoms with Crippen LogP contribution in [0.2, 0.25) is 0 Å². The van der Waals surface area contributed by atoms with Crippen LogP contribution in [0.5, 0.6) is 0 Å². The maximum atomic E-state index is 12.6. The second-order valence-electron chi connectivity index (χ2n) is 5.72. The van der Waals surface area contributed by atoms with Crippen LogP contribution in [-0.2, 0) is 16.0 Å². The summed E-state index contributed by atoms with van der Waals surface area (Å²) in [5.41, 5.74) is 7.30. The molecule has 2 N–H and O–H groups in total. The van der Waals surface area contributed by atoms with E-state index in [1.807, 2.05) is 60.7 Å². The molecule has 25 heavy (non-hydrogen) atoms. The predicted octanol–water partition coefficient (Wildman–Crippen LogP) is 2.74. The second-order valence-corrected chi connectivity index (χ2v) is 6.89. The van der Waals surface area contributed by atoms with E-state index in [0.29, 0.717) is 11.7 Å². The molecule has 0 saturated carbocycles. The first kappa shape index (κ1) is 17.2. The van der Waals surface area contributed by atoms with Crippen LogP contribution in [0.15, 0.2) is 65.7 Å². The van der Waals surface area contributed by atoms with Gasteiger partial charge >= 0.3 is 0 Å². The minimum Gasteiger partial charge on any atom is -0.369 e. The SMILES string of the molecule is NC(=O)[C@H]1CC(=O)N(CCc2ccccc2)C(=Nc2ccccc2)S1. The van der Waals surface area contributed by atoms with Crippen LogP contribution in [0.1, 0.15) is 12.0 Å². The third kappa shape index (κ3) is 4.48. The Bertz CT molecular complexity index is 778. The van der Waals surface area contributed by atoms with Gasteiger partial charge in [0.1, 0.15) is 0 Å². The van der Waals surface area contributed by atoms with Gasteiger partial charge in [0.2, 0.25) is 11.8 Å². The van der Waals surface area contributed by atoms with E-state index in [-0.39, 0.29) is 12.3 Å². The quantitative estimate of drug-likeness (QED) is 0.898. The fourth-order valence-corrected chi connectivity index (χ4v) is 3.65. The zero-order valence-electron chi connectivity index (χ0n) is 13.7. The molecular formula is C19H19N3O2S. The first-order valence-corrected chi connectivity index (χ1v) is 8.95. The van der Waals surface area contributed by atoms with Crippen molar-refractivity contribution >= 4 is 34.4 Å². The number of carbonyl (C=O) groups is 2. The number of para-hydroxylation sites is 1. The highest BCUT2D eigenvalue weighted by Gasteiger charge is 2.34. The van der Waals surface area contributed by atoms with Gasteiger partial charge in [-0.1, -0.05) is 60.3 Å². The van der Waals surface area contributed by atoms with Crippen molar-refractivity contribution < 1.29 is 9.59 Å². The fraction of sp³-hybridized carbons (Fsp3) is 0.211. The number of benzene rings is 2. The predicted molar refractivity (Wildman–Crippen MR) is 101 cm³/mol. The Kier molecular flexibility index (Phi) is 5.50. The van der Waals surface area contributed by atoms with Crippen molar-refractivity contribution in [1.29, 1.82) is 0 Å². The zero-order valence-corrected chi connectivity index (χ0v) is 14.5. The van der Waals surface area contributed by atoms with Crippen LogP contribution >= 0.6 is 11.8 Å². The lowest BCUT2D eigenvalue weighted by Gasteiger charge is -2.31. The smallest absolute Gasteiger partial charge is 0.231 e. The van der Waals surface area contributed by atoms with E-state index in [2.05, 4.69) is 4.99 Å². The molecule has 0 aliphatic carbocycles. The molecule has 5 nitrogen and oxygen atoms in total. The average molecular weight is 353 g/mol. The number of primary amides is 1. The van der Waals surface area contributed by atoms with Crippen molar-refractivity contribution in [2.45, 2.75) is 18.1 Å². The molecule has 0 radical (unpaired) electrons. The maximum Gasteiger partial charge on any atom is 0.231 e. The summed E-state index contributed by atoms with van der Waals surface area (Å²) < 4.78 is 0. The molecule has 6 heteroatoms. The summed E-state index contributed by atoms with van der Waals surface area (Å²) in [5, 5.41) is -0.0369. The third-order valence-corrected chi connectivity index (χ3v) is 5.11. The lowest BCUT2D eigenvalue weighted by Crippen LogP contribution is -2.46. The number of amidine groups is 1. The van der Waals surface area contributed by atoms with E-state index in [1.165, 1.54) is 11.8 Å². The summed E-state index contributed by atoms with van der Waals surface area (Å²) >= 11 is 1.26. The monoisotopic (exact) mass is 353 g/mol. The maximum absolute atomic E-state index is 12.6. The van der Waals surface area contributed by atoms with Gasteiger partial charge in [-0.3, -0.25) is 14.5 Å². The molecule has 3 rings (SSSR count). The summed E-state index contributed by atoms with van der Waals surface area (Å²) in [5.74, 6) is -0.602. The molecule has 1 heterocycles. The molecule has 0 unspecified atom stereocenters. The molecule has 1 saturated heterocycles. The Hall–Kier alpha value is -2.60. The normalized spacial score (nSPS) is 19.2. The van der Waals surface area contributed by atoms with Gasteiger partial charge in [0.15, 0.2) is 5.17 Å². The van der Waals surface area contributed by atoms with Gasteiger partial charge in [-0.15, -0.1) is 0 Å². The topological polar surface area (TPSA) is 75.8 Å². The molecule has 128 valence electrons. The average Bonchev–Trinajstić information content (AvgIpc) is 2.62. The standard InChI is InChI=1S/C19H19N3O2S/c20-18(24)16-13-17(23)22(12-11-14-7-3-1-4-8-14)19(25-16)21-15-9-5-2-6-10-15/h1-10,16H,11-13H2,(H2,20,24)/t16-/m1/s1. The fourth-order valence-electron chi connectivity index (χ4n) is 2.57. The van der Waals surface area contributed by atoms with Crippen molar-refractivity contribution in [2.24, 2.45) is 10.7 Å². The number of rotatable bonds is 5. The number of nitrogens with two attached hydrogens (primary N) is 1. The number of nitrogens with zero attached hydrogens (tertiary/aromatic N) is 2. The molecule has 2 aromatic carbocycles. The molecule has 2 amide bonds. The highest BCUT2D eigenvalue weighted by molar-refractivity contribution is 8.15. The Balaban J connectivity index is 1.83. The molecule has 0 aromatic heterocycles. The first-order valence-electron chi connectivity index (χ1n) is 8.07. The van der Waals surface area contributed by atoms with E-state index in [9.17, 15) is 9.59 Å². The van der Waals surface area contributed by atoms with Crippen LogP contribution in [0, 0.1) is 0 Å². The van der Waals surface area contributed by atoms with Crippen LogP contribution in [0.25, 0.3) is 0 Å². The van der Waals surface area contributed by atoms with Crippen molar-refractivity contribution in [3.63, 3.8) is 0 Å². The first-order chi connectivity index (χ1) is 12.1. The molecule has 0 spiro atoms. The van der Waals surface area contributed by atoms with E-state index < -0.39 is 11.2 Å². The molecular weight excluding hydrogens is 334 g/mol. The lowest BCUT2D eigenvalue weighted by molar-refractivity contribution is -0.129. The number of hydrogen-bond donors (Lipinski definition) is 1. The summed E-state index contributed by atoms with van der Waals surface area (Å²) in [4.78, 5) is 30.3. The van der Waals surface area contributed by atoms with Gasteiger partial charge in [0, 0.05) is 13.0 Å². The van der Waals surface area contributed by atoms with Crippen molar-refractivity contribution in [2.75, 3.05) is 6.54 Å². The summed E-state index contributed by atoms with van der Waals surface area (Å²) in [6.45, 7) is 0.521. The number of hydrogen-bond acceptors (Lipinski definition) is 4. The highest BCUT2D eigenvalue weighted by Crippen LogP contribution is 2.28. The molecule has 1 atom stereocenters. The van der Waals surface area contributed by atoms with Gasteiger partial charge < -0.3 is 5.73 Å². The Morgan fingerprint density at radius 2 is 1.76 bits per heavy atom. The van der Waals surface area contributed by atoms with E-state index >= 15 is 0 Å². The Labute approximate surface area is 150 Å². The third-order valence-electron chi connectivity index (χ3n) is 3.90. The van der Waals surface area contributed by atoms with E-state index in [0.717, 1.165) is 17.7 Å².